The maximum Gasteiger partial charge on any atom is 0.227 e. The summed E-state index contributed by atoms with van der Waals surface area (Å²) in [7, 11) is 0. The summed E-state index contributed by atoms with van der Waals surface area (Å²) in [4.78, 5) is 11.7. The van der Waals surface area contributed by atoms with Crippen LogP contribution < -0.4 is 5.32 Å². The largest absolute Gasteiger partial charge is 0.325 e. The number of amides is 1. The monoisotopic (exact) mass is 287 g/mol. The number of benzene rings is 1. The lowest BCUT2D eigenvalue weighted by Gasteiger charge is -2.24. The van der Waals surface area contributed by atoms with Gasteiger partial charge >= 0.3 is 0 Å². The minimum absolute atomic E-state index is 0.101. The second-order valence-corrected chi connectivity index (χ2v) is 4.92. The summed E-state index contributed by atoms with van der Waals surface area (Å²) < 4.78 is 0.749. The molecule has 15 heavy (non-hydrogen) atoms. The van der Waals surface area contributed by atoms with Gasteiger partial charge in [0.1, 0.15) is 0 Å². The van der Waals surface area contributed by atoms with E-state index in [4.69, 9.17) is 11.6 Å². The number of anilines is 1. The molecule has 0 spiro atoms. The van der Waals surface area contributed by atoms with Gasteiger partial charge in [0, 0.05) is 5.92 Å². The summed E-state index contributed by atoms with van der Waals surface area (Å²) in [6.45, 7) is 0. The molecular formula is C11H11BrClNO. The van der Waals surface area contributed by atoms with Crippen LogP contribution in [0.2, 0.25) is 5.02 Å². The number of nitrogens with one attached hydrogen (secondary N) is 1. The van der Waals surface area contributed by atoms with E-state index >= 15 is 0 Å². The second kappa shape index (κ2) is 4.54. The first-order valence-electron chi connectivity index (χ1n) is 4.93. The highest BCUT2D eigenvalue weighted by molar-refractivity contribution is 9.10. The van der Waals surface area contributed by atoms with Crippen LogP contribution in [0.3, 0.4) is 0 Å². The van der Waals surface area contributed by atoms with E-state index in [2.05, 4.69) is 21.2 Å². The Hall–Kier alpha value is -0.540. The van der Waals surface area contributed by atoms with E-state index in [1.807, 2.05) is 12.1 Å². The molecule has 0 radical (unpaired) electrons. The normalized spacial score (nSPS) is 15.9. The zero-order valence-corrected chi connectivity index (χ0v) is 10.4. The number of hydrogen-bond donors (Lipinski definition) is 1. The van der Waals surface area contributed by atoms with Crippen molar-refractivity contribution in [2.24, 2.45) is 5.92 Å². The molecule has 4 heteroatoms. The third-order valence-electron chi connectivity index (χ3n) is 2.69. The van der Waals surface area contributed by atoms with Crippen LogP contribution in [0, 0.1) is 5.92 Å². The fraction of sp³-hybridized carbons (Fsp3) is 0.364. The van der Waals surface area contributed by atoms with Crippen LogP contribution in [0.25, 0.3) is 0 Å². The number of hydrogen-bond acceptors (Lipinski definition) is 1. The van der Waals surface area contributed by atoms with Crippen molar-refractivity contribution in [1.29, 1.82) is 0 Å². The van der Waals surface area contributed by atoms with Gasteiger partial charge in [-0.2, -0.15) is 0 Å². The van der Waals surface area contributed by atoms with Gasteiger partial charge in [-0.15, -0.1) is 0 Å². The molecule has 2 nitrogen and oxygen atoms in total. The molecule has 1 amide bonds. The smallest absolute Gasteiger partial charge is 0.227 e. The van der Waals surface area contributed by atoms with Crippen molar-refractivity contribution in [2.75, 3.05) is 5.32 Å². The predicted molar refractivity (Wildman–Crippen MR) is 65.1 cm³/mol. The van der Waals surface area contributed by atoms with E-state index in [0.29, 0.717) is 5.02 Å². The summed E-state index contributed by atoms with van der Waals surface area (Å²) in [6.07, 6.45) is 3.17. The van der Waals surface area contributed by atoms with Gasteiger partial charge in [-0.25, -0.2) is 0 Å². The Balaban J connectivity index is 2.09. The average molecular weight is 289 g/mol. The molecule has 80 valence electrons. The quantitative estimate of drug-likeness (QED) is 0.880. The van der Waals surface area contributed by atoms with E-state index in [0.717, 1.165) is 29.4 Å². The topological polar surface area (TPSA) is 29.1 Å². The minimum atomic E-state index is 0.101. The summed E-state index contributed by atoms with van der Waals surface area (Å²) in [5, 5.41) is 3.50. The van der Waals surface area contributed by atoms with Gasteiger partial charge in [0.2, 0.25) is 5.91 Å². The highest BCUT2D eigenvalue weighted by atomic mass is 79.9. The highest BCUT2D eigenvalue weighted by Crippen LogP contribution is 2.32. The molecule has 1 saturated carbocycles. The van der Waals surface area contributed by atoms with Crippen molar-refractivity contribution in [3.05, 3.63) is 27.7 Å². The van der Waals surface area contributed by atoms with Gasteiger partial charge in [-0.1, -0.05) is 24.1 Å². The Morgan fingerprint density at radius 3 is 2.80 bits per heavy atom. The molecule has 1 aromatic rings. The van der Waals surface area contributed by atoms with Gasteiger partial charge in [-0.05, 0) is 40.9 Å². The lowest BCUT2D eigenvalue weighted by Crippen LogP contribution is -2.28. The summed E-state index contributed by atoms with van der Waals surface area (Å²) >= 11 is 9.28. The van der Waals surface area contributed by atoms with Crippen molar-refractivity contribution < 1.29 is 4.79 Å². The molecule has 1 N–H and O–H groups in total. The van der Waals surface area contributed by atoms with Gasteiger partial charge in [0.05, 0.1) is 15.2 Å². The van der Waals surface area contributed by atoms with E-state index in [9.17, 15) is 4.79 Å². The first-order chi connectivity index (χ1) is 7.18. The third kappa shape index (κ3) is 2.34. The Labute approximate surface area is 102 Å². The molecule has 0 aliphatic heterocycles. The molecule has 1 aliphatic carbocycles. The molecule has 0 heterocycles. The van der Waals surface area contributed by atoms with Gasteiger partial charge in [0.25, 0.3) is 0 Å². The molecule has 2 rings (SSSR count). The van der Waals surface area contributed by atoms with E-state index < -0.39 is 0 Å². The first kappa shape index (κ1) is 11.0. The maximum absolute atomic E-state index is 11.7. The van der Waals surface area contributed by atoms with Crippen LogP contribution in [-0.4, -0.2) is 5.91 Å². The number of halogens is 2. The number of rotatable bonds is 2. The average Bonchev–Trinajstić information content (AvgIpc) is 2.10. The molecule has 1 aromatic carbocycles. The summed E-state index contributed by atoms with van der Waals surface area (Å²) in [5.41, 5.74) is 0.749. The SMILES string of the molecule is O=C(Nc1cccc(Cl)c1Br)C1CCC1. The Kier molecular flexibility index (Phi) is 3.32. The van der Waals surface area contributed by atoms with Crippen LogP contribution in [0.15, 0.2) is 22.7 Å². The van der Waals surface area contributed by atoms with Crippen LogP contribution in [-0.2, 0) is 4.79 Å². The molecule has 0 unspecified atom stereocenters. The zero-order valence-electron chi connectivity index (χ0n) is 8.09. The lowest BCUT2D eigenvalue weighted by atomic mass is 9.85. The van der Waals surface area contributed by atoms with Crippen LogP contribution >= 0.6 is 27.5 Å². The van der Waals surface area contributed by atoms with Crippen molar-refractivity contribution in [2.45, 2.75) is 19.3 Å². The zero-order chi connectivity index (χ0) is 10.8. The first-order valence-corrected chi connectivity index (χ1v) is 6.10. The molecule has 0 saturated heterocycles. The van der Waals surface area contributed by atoms with Crippen LogP contribution in [0.4, 0.5) is 5.69 Å². The second-order valence-electron chi connectivity index (χ2n) is 3.72. The predicted octanol–water partition coefficient (Wildman–Crippen LogP) is 3.84. The van der Waals surface area contributed by atoms with Crippen molar-refractivity contribution in [3.63, 3.8) is 0 Å². The third-order valence-corrected chi connectivity index (χ3v) is 4.08. The van der Waals surface area contributed by atoms with Crippen LogP contribution in [0.5, 0.6) is 0 Å². The number of carbonyl (C=O) groups is 1. The van der Waals surface area contributed by atoms with Crippen molar-refractivity contribution in [3.8, 4) is 0 Å². The van der Waals surface area contributed by atoms with E-state index in [1.54, 1.807) is 6.07 Å². The van der Waals surface area contributed by atoms with Crippen LogP contribution in [0.1, 0.15) is 19.3 Å². The standard InChI is InChI=1S/C11H11BrClNO/c12-10-8(13)5-2-6-9(10)14-11(15)7-3-1-4-7/h2,5-7H,1,3-4H2,(H,14,15). The summed E-state index contributed by atoms with van der Waals surface area (Å²) in [5.74, 6) is 0.292. The fourth-order valence-electron chi connectivity index (χ4n) is 1.51. The Bertz CT molecular complexity index is 390. The Morgan fingerprint density at radius 1 is 1.47 bits per heavy atom. The summed E-state index contributed by atoms with van der Waals surface area (Å²) in [6, 6.07) is 5.45. The molecule has 1 aliphatic rings. The molecule has 0 atom stereocenters. The number of carbonyl (C=O) groups excluding carboxylic acids is 1. The van der Waals surface area contributed by atoms with Crippen molar-refractivity contribution >= 4 is 39.1 Å². The highest BCUT2D eigenvalue weighted by Gasteiger charge is 2.25. The van der Waals surface area contributed by atoms with E-state index in [-0.39, 0.29) is 11.8 Å². The molecule has 0 aromatic heterocycles. The van der Waals surface area contributed by atoms with Gasteiger partial charge < -0.3 is 5.32 Å². The molecular weight excluding hydrogens is 277 g/mol. The van der Waals surface area contributed by atoms with E-state index in [1.165, 1.54) is 0 Å². The molecule has 0 bridgehead atoms. The fourth-order valence-corrected chi connectivity index (χ4v) is 2.04. The van der Waals surface area contributed by atoms with Gasteiger partial charge in [0.15, 0.2) is 0 Å². The Morgan fingerprint density at radius 2 is 2.20 bits per heavy atom. The molecule has 1 fully saturated rings. The maximum atomic E-state index is 11.7. The van der Waals surface area contributed by atoms with Crippen molar-refractivity contribution in [1.82, 2.24) is 0 Å². The minimum Gasteiger partial charge on any atom is -0.325 e. The lowest BCUT2D eigenvalue weighted by molar-refractivity contribution is -0.122. The van der Waals surface area contributed by atoms with Gasteiger partial charge in [-0.3, -0.25) is 4.79 Å².